The zero-order chi connectivity index (χ0) is 12.0. The summed E-state index contributed by atoms with van der Waals surface area (Å²) in [6, 6.07) is 3.88. The largest absolute Gasteiger partial charge is 0.478 e. The van der Waals surface area contributed by atoms with Crippen LogP contribution in [-0.4, -0.2) is 26.0 Å². The summed E-state index contributed by atoms with van der Waals surface area (Å²) >= 11 is 0. The average Bonchev–Trinajstić information content (AvgIpc) is 2.72. The van der Waals surface area contributed by atoms with Gasteiger partial charge in [0.2, 0.25) is 0 Å². The van der Waals surface area contributed by atoms with Crippen molar-refractivity contribution in [1.82, 2.24) is 15.0 Å². The van der Waals surface area contributed by atoms with E-state index in [1.165, 1.54) is 0 Å². The van der Waals surface area contributed by atoms with Crippen LogP contribution in [0.1, 0.15) is 12.7 Å². The van der Waals surface area contributed by atoms with Crippen LogP contribution >= 0.6 is 0 Å². The van der Waals surface area contributed by atoms with Gasteiger partial charge in [0.1, 0.15) is 5.82 Å². The molecule has 2 N–H and O–H groups in total. The van der Waals surface area contributed by atoms with Gasteiger partial charge in [0.25, 0.3) is 0 Å². The molecule has 0 bridgehead atoms. The minimum atomic E-state index is -0.981. The zero-order valence-electron chi connectivity index (χ0n) is 8.97. The third-order valence-corrected chi connectivity index (χ3v) is 1.82. The third-order valence-electron chi connectivity index (χ3n) is 1.82. The first-order valence-electron chi connectivity index (χ1n) is 4.82. The second kappa shape index (κ2) is 5.65. The van der Waals surface area contributed by atoms with Gasteiger partial charge in [-0.15, -0.1) is 0 Å². The van der Waals surface area contributed by atoms with Crippen LogP contribution in [0.5, 0.6) is 0 Å². The zero-order valence-corrected chi connectivity index (χ0v) is 8.97. The predicted octanol–water partition coefficient (Wildman–Crippen LogP) is 1.78. The van der Waals surface area contributed by atoms with Gasteiger partial charge in [-0.3, -0.25) is 0 Å². The van der Waals surface area contributed by atoms with Gasteiger partial charge in [0, 0.05) is 18.7 Å². The Labute approximate surface area is 92.9 Å². The molecule has 0 amide bonds. The Morgan fingerprint density at radius 3 is 2.88 bits per heavy atom. The van der Waals surface area contributed by atoms with Crippen LogP contribution in [0.4, 0.5) is 0 Å². The molecule has 0 spiro atoms. The number of aryl methyl sites for hydroxylation is 1. The first-order chi connectivity index (χ1) is 7.67. The maximum Gasteiger partial charge on any atom is 0.327 e. The van der Waals surface area contributed by atoms with Crippen LogP contribution < -0.4 is 0 Å². The standard InChI is InChI=1S/C8H9N3.C3H4O2/c1-2-7-10-6-4-3-5-9-8(6)11-7;1-2-3(4)5/h3-5H,2H2,1H3,(H,9,10,11);2H,1H2,(H,4,5). The summed E-state index contributed by atoms with van der Waals surface area (Å²) in [5.74, 6) is 0.0173. The molecule has 0 aliphatic carbocycles. The number of carboxylic acids is 1. The van der Waals surface area contributed by atoms with Crippen molar-refractivity contribution in [3.05, 3.63) is 36.8 Å². The Morgan fingerprint density at radius 1 is 1.69 bits per heavy atom. The fraction of sp³-hybridized carbons (Fsp3) is 0.182. The second-order valence-corrected chi connectivity index (χ2v) is 2.95. The number of rotatable bonds is 2. The lowest BCUT2D eigenvalue weighted by Crippen LogP contribution is -1.82. The molecule has 16 heavy (non-hydrogen) atoms. The van der Waals surface area contributed by atoms with Crippen molar-refractivity contribution in [3.8, 4) is 0 Å². The number of carboxylic acid groups (broad SMARTS) is 1. The summed E-state index contributed by atoms with van der Waals surface area (Å²) in [6.07, 6.45) is 3.51. The van der Waals surface area contributed by atoms with Gasteiger partial charge < -0.3 is 10.1 Å². The highest BCUT2D eigenvalue weighted by molar-refractivity contribution is 5.78. The first-order valence-corrected chi connectivity index (χ1v) is 4.82. The molecule has 0 aliphatic heterocycles. The number of aromatic amines is 1. The number of imidazole rings is 1. The van der Waals surface area contributed by atoms with Gasteiger partial charge in [-0.1, -0.05) is 13.5 Å². The Balaban J connectivity index is 0.000000221. The smallest absolute Gasteiger partial charge is 0.327 e. The van der Waals surface area contributed by atoms with Crippen LogP contribution in [0.15, 0.2) is 31.0 Å². The molecule has 5 heteroatoms. The maximum absolute atomic E-state index is 9.25. The summed E-state index contributed by atoms with van der Waals surface area (Å²) < 4.78 is 0. The number of nitrogens with one attached hydrogen (secondary N) is 1. The van der Waals surface area contributed by atoms with Crippen molar-refractivity contribution >= 4 is 17.1 Å². The van der Waals surface area contributed by atoms with E-state index in [9.17, 15) is 4.79 Å². The van der Waals surface area contributed by atoms with Crippen LogP contribution in [0.2, 0.25) is 0 Å². The van der Waals surface area contributed by atoms with E-state index in [4.69, 9.17) is 5.11 Å². The van der Waals surface area contributed by atoms with E-state index in [2.05, 4.69) is 28.5 Å². The van der Waals surface area contributed by atoms with Crippen LogP contribution in [0, 0.1) is 0 Å². The summed E-state index contributed by atoms with van der Waals surface area (Å²) in [7, 11) is 0. The molecule has 2 heterocycles. The van der Waals surface area contributed by atoms with E-state index in [1.54, 1.807) is 6.20 Å². The summed E-state index contributed by atoms with van der Waals surface area (Å²) in [5, 5.41) is 7.60. The van der Waals surface area contributed by atoms with Gasteiger partial charge in [0.15, 0.2) is 5.65 Å². The number of H-pyrrole nitrogens is 1. The number of hydrogen-bond donors (Lipinski definition) is 2. The van der Waals surface area contributed by atoms with E-state index in [0.29, 0.717) is 0 Å². The van der Waals surface area contributed by atoms with Crippen LogP contribution in [0.3, 0.4) is 0 Å². The molecule has 0 aliphatic rings. The van der Waals surface area contributed by atoms with Gasteiger partial charge >= 0.3 is 5.97 Å². The third kappa shape index (κ3) is 3.20. The molecule has 0 fully saturated rings. The first kappa shape index (κ1) is 11.9. The topological polar surface area (TPSA) is 78.9 Å². The Kier molecular flexibility index (Phi) is 4.20. The van der Waals surface area contributed by atoms with Crippen molar-refractivity contribution in [2.24, 2.45) is 0 Å². The van der Waals surface area contributed by atoms with Crippen LogP contribution in [0.25, 0.3) is 11.2 Å². The quantitative estimate of drug-likeness (QED) is 0.754. The highest BCUT2D eigenvalue weighted by atomic mass is 16.4. The lowest BCUT2D eigenvalue weighted by Gasteiger charge is -1.81. The maximum atomic E-state index is 9.25. The number of fused-ring (bicyclic) bond motifs is 1. The van der Waals surface area contributed by atoms with E-state index >= 15 is 0 Å². The van der Waals surface area contributed by atoms with Crippen molar-refractivity contribution in [2.75, 3.05) is 0 Å². The molecule has 0 saturated carbocycles. The number of pyridine rings is 1. The number of aliphatic carboxylic acids is 1. The SMILES string of the molecule is C=CC(=O)O.CCc1nc2ncccc2[nH]1. The van der Waals surface area contributed by atoms with E-state index < -0.39 is 5.97 Å². The number of aromatic nitrogens is 3. The summed E-state index contributed by atoms with van der Waals surface area (Å²) in [4.78, 5) is 20.8. The molecular formula is C11H13N3O2. The Bertz CT molecular complexity index is 458. The molecule has 0 unspecified atom stereocenters. The highest BCUT2D eigenvalue weighted by Gasteiger charge is 1.98. The van der Waals surface area contributed by atoms with E-state index in [-0.39, 0.29) is 0 Å². The molecule has 84 valence electrons. The summed E-state index contributed by atoms with van der Waals surface area (Å²) in [6.45, 7) is 5.03. The number of nitrogens with zero attached hydrogens (tertiary/aromatic N) is 2. The molecule has 0 saturated heterocycles. The number of hydrogen-bond acceptors (Lipinski definition) is 3. The van der Waals surface area contributed by atoms with Crippen LogP contribution in [-0.2, 0) is 11.2 Å². The molecule has 2 aromatic rings. The van der Waals surface area contributed by atoms with Crippen molar-refractivity contribution < 1.29 is 9.90 Å². The monoisotopic (exact) mass is 219 g/mol. The number of carbonyl (C=O) groups is 1. The van der Waals surface area contributed by atoms with Crippen molar-refractivity contribution in [3.63, 3.8) is 0 Å². The molecule has 0 atom stereocenters. The second-order valence-electron chi connectivity index (χ2n) is 2.95. The molecule has 5 nitrogen and oxygen atoms in total. The molecule has 0 aromatic carbocycles. The fourth-order valence-corrected chi connectivity index (χ4v) is 1.06. The normalized spacial score (nSPS) is 9.31. The van der Waals surface area contributed by atoms with Crippen molar-refractivity contribution in [1.29, 1.82) is 0 Å². The molecular weight excluding hydrogens is 206 g/mol. The van der Waals surface area contributed by atoms with Gasteiger partial charge in [-0.05, 0) is 12.1 Å². The Morgan fingerprint density at radius 2 is 2.38 bits per heavy atom. The Hall–Kier alpha value is -2.17. The van der Waals surface area contributed by atoms with Gasteiger partial charge in [-0.25, -0.2) is 14.8 Å². The lowest BCUT2D eigenvalue weighted by molar-refractivity contribution is -0.131. The van der Waals surface area contributed by atoms with E-state index in [1.807, 2.05) is 12.1 Å². The fourth-order valence-electron chi connectivity index (χ4n) is 1.06. The summed E-state index contributed by atoms with van der Waals surface area (Å²) in [5.41, 5.74) is 1.83. The molecule has 2 aromatic heterocycles. The van der Waals surface area contributed by atoms with Gasteiger partial charge in [0.05, 0.1) is 5.52 Å². The molecule has 0 radical (unpaired) electrons. The highest BCUT2D eigenvalue weighted by Crippen LogP contribution is 2.06. The average molecular weight is 219 g/mol. The molecule has 2 rings (SSSR count). The predicted molar refractivity (Wildman–Crippen MR) is 61.1 cm³/mol. The minimum absolute atomic E-state index is 0.810. The lowest BCUT2D eigenvalue weighted by atomic mass is 10.4. The van der Waals surface area contributed by atoms with E-state index in [0.717, 1.165) is 29.5 Å². The minimum Gasteiger partial charge on any atom is -0.478 e. The van der Waals surface area contributed by atoms with Crippen molar-refractivity contribution in [2.45, 2.75) is 13.3 Å². The van der Waals surface area contributed by atoms with Gasteiger partial charge in [-0.2, -0.15) is 0 Å².